The zero-order chi connectivity index (χ0) is 15.4. The van der Waals surface area contributed by atoms with Crippen LogP contribution >= 0.6 is 11.3 Å². The highest BCUT2D eigenvalue weighted by atomic mass is 32.1. The molecule has 2 heterocycles. The Bertz CT molecular complexity index is 531. The number of carbonyl (C=O) groups is 1. The molecule has 1 aromatic heterocycles. The van der Waals surface area contributed by atoms with E-state index in [-0.39, 0.29) is 18.1 Å². The fourth-order valence-corrected chi connectivity index (χ4v) is 3.51. The maximum absolute atomic E-state index is 11.5. The van der Waals surface area contributed by atoms with E-state index >= 15 is 0 Å². The van der Waals surface area contributed by atoms with Gasteiger partial charge in [-0.25, -0.2) is 0 Å². The van der Waals surface area contributed by atoms with Crippen molar-refractivity contribution < 1.29 is 14.8 Å². The van der Waals surface area contributed by atoms with Crippen molar-refractivity contribution in [3.05, 3.63) is 21.1 Å². The number of aliphatic hydroxyl groups excluding tert-OH is 1. The SMILES string of the molecule is CC(=O)c1cc([N+](=O)[O-])c(N2CCCN(CCO)CC2)s1. The largest absolute Gasteiger partial charge is 0.395 e. The van der Waals surface area contributed by atoms with E-state index in [1.807, 2.05) is 4.90 Å². The molecule has 8 heteroatoms. The van der Waals surface area contributed by atoms with E-state index < -0.39 is 4.92 Å². The van der Waals surface area contributed by atoms with Crippen LogP contribution in [0.15, 0.2) is 6.07 Å². The van der Waals surface area contributed by atoms with Gasteiger partial charge in [0.25, 0.3) is 0 Å². The number of ketones is 1. The first-order chi connectivity index (χ1) is 10.0. The summed E-state index contributed by atoms with van der Waals surface area (Å²) in [4.78, 5) is 26.8. The normalized spacial score (nSPS) is 16.8. The van der Waals surface area contributed by atoms with Gasteiger partial charge in [0.2, 0.25) is 0 Å². The van der Waals surface area contributed by atoms with Gasteiger partial charge in [0, 0.05) is 32.2 Å². The molecule has 0 unspecified atom stereocenters. The molecular formula is C13H19N3O4S. The minimum atomic E-state index is -0.422. The minimum Gasteiger partial charge on any atom is -0.395 e. The van der Waals surface area contributed by atoms with Crippen molar-refractivity contribution in [2.24, 2.45) is 0 Å². The lowest BCUT2D eigenvalue weighted by atomic mass is 10.3. The molecule has 7 nitrogen and oxygen atoms in total. The molecule has 0 amide bonds. The molecule has 0 atom stereocenters. The van der Waals surface area contributed by atoms with Crippen molar-refractivity contribution in [1.29, 1.82) is 0 Å². The van der Waals surface area contributed by atoms with Crippen molar-refractivity contribution in [2.45, 2.75) is 13.3 Å². The van der Waals surface area contributed by atoms with Crippen LogP contribution < -0.4 is 4.90 Å². The van der Waals surface area contributed by atoms with Crippen molar-refractivity contribution in [2.75, 3.05) is 44.2 Å². The van der Waals surface area contributed by atoms with Gasteiger partial charge in [-0.1, -0.05) is 0 Å². The predicted octanol–water partition coefficient (Wildman–Crippen LogP) is 1.36. The Morgan fingerprint density at radius 2 is 2.19 bits per heavy atom. The lowest BCUT2D eigenvalue weighted by molar-refractivity contribution is -0.383. The third-order valence-electron chi connectivity index (χ3n) is 3.53. The minimum absolute atomic E-state index is 0.0146. The maximum Gasteiger partial charge on any atom is 0.304 e. The van der Waals surface area contributed by atoms with Gasteiger partial charge < -0.3 is 10.0 Å². The van der Waals surface area contributed by atoms with Crippen LogP contribution in [0.5, 0.6) is 0 Å². The highest BCUT2D eigenvalue weighted by molar-refractivity contribution is 7.18. The summed E-state index contributed by atoms with van der Waals surface area (Å²) in [6.45, 7) is 5.18. The van der Waals surface area contributed by atoms with Crippen LogP contribution in [0.4, 0.5) is 10.7 Å². The zero-order valence-corrected chi connectivity index (χ0v) is 12.8. The highest BCUT2D eigenvalue weighted by Crippen LogP contribution is 2.38. The number of thiophene rings is 1. The Balaban J connectivity index is 2.20. The van der Waals surface area contributed by atoms with Crippen LogP contribution in [0.3, 0.4) is 0 Å². The van der Waals surface area contributed by atoms with Gasteiger partial charge in [0.15, 0.2) is 10.8 Å². The first-order valence-corrected chi connectivity index (χ1v) is 7.72. The fourth-order valence-electron chi connectivity index (χ4n) is 2.44. The van der Waals surface area contributed by atoms with E-state index in [9.17, 15) is 14.9 Å². The van der Waals surface area contributed by atoms with Gasteiger partial charge in [0.1, 0.15) is 0 Å². The average Bonchev–Trinajstić information content (AvgIpc) is 2.76. The Hall–Kier alpha value is -1.51. The van der Waals surface area contributed by atoms with Crippen LogP contribution in [0, 0.1) is 10.1 Å². The van der Waals surface area contributed by atoms with E-state index in [1.54, 1.807) is 0 Å². The summed E-state index contributed by atoms with van der Waals surface area (Å²) >= 11 is 1.19. The second-order valence-electron chi connectivity index (χ2n) is 5.02. The summed E-state index contributed by atoms with van der Waals surface area (Å²) in [5, 5.41) is 20.7. The summed E-state index contributed by atoms with van der Waals surface area (Å²) in [7, 11) is 0. The first kappa shape index (κ1) is 15.9. The van der Waals surface area contributed by atoms with Crippen LogP contribution in [-0.2, 0) is 0 Å². The van der Waals surface area contributed by atoms with Gasteiger partial charge in [-0.3, -0.25) is 19.8 Å². The summed E-state index contributed by atoms with van der Waals surface area (Å²) in [6.07, 6.45) is 0.879. The third kappa shape index (κ3) is 3.78. The van der Waals surface area contributed by atoms with Crippen molar-refractivity contribution >= 4 is 27.8 Å². The van der Waals surface area contributed by atoms with E-state index in [4.69, 9.17) is 5.11 Å². The number of nitro groups is 1. The molecule has 0 aliphatic carbocycles. The molecule has 1 aliphatic rings. The monoisotopic (exact) mass is 313 g/mol. The van der Waals surface area contributed by atoms with Gasteiger partial charge in [-0.05, 0) is 19.9 Å². The molecule has 1 saturated heterocycles. The summed E-state index contributed by atoms with van der Waals surface area (Å²) in [6, 6.07) is 1.37. The van der Waals surface area contributed by atoms with Crippen LogP contribution in [0.2, 0.25) is 0 Å². The molecule has 1 fully saturated rings. The lowest BCUT2D eigenvalue weighted by Gasteiger charge is -2.21. The Kier molecular flexibility index (Phi) is 5.27. The zero-order valence-electron chi connectivity index (χ0n) is 11.9. The molecule has 0 saturated carbocycles. The van der Waals surface area contributed by atoms with Crippen LogP contribution in [0.25, 0.3) is 0 Å². The molecule has 1 N–H and O–H groups in total. The number of nitrogens with zero attached hydrogens (tertiary/aromatic N) is 3. The topological polar surface area (TPSA) is 86.9 Å². The van der Waals surface area contributed by atoms with Crippen LogP contribution in [-0.4, -0.2) is 60.0 Å². The number of Topliss-reactive ketones (excluding diaryl/α,β-unsaturated/α-hetero) is 1. The second-order valence-corrected chi connectivity index (χ2v) is 6.05. The smallest absolute Gasteiger partial charge is 0.304 e. The van der Waals surface area contributed by atoms with E-state index in [1.165, 1.54) is 24.3 Å². The second kappa shape index (κ2) is 6.97. The molecule has 0 bridgehead atoms. The number of hydrogen-bond acceptors (Lipinski definition) is 7. The molecule has 1 aromatic rings. The molecule has 2 rings (SSSR count). The molecule has 0 radical (unpaired) electrons. The fraction of sp³-hybridized carbons (Fsp3) is 0.615. The molecule has 1 aliphatic heterocycles. The summed E-state index contributed by atoms with van der Waals surface area (Å²) < 4.78 is 0. The van der Waals surface area contributed by atoms with Gasteiger partial charge in [-0.15, -0.1) is 11.3 Å². The van der Waals surface area contributed by atoms with Crippen molar-refractivity contribution in [3.63, 3.8) is 0 Å². The number of aliphatic hydroxyl groups is 1. The number of anilines is 1. The third-order valence-corrected chi connectivity index (χ3v) is 4.82. The number of hydrogen-bond donors (Lipinski definition) is 1. The molecule has 21 heavy (non-hydrogen) atoms. The van der Waals surface area contributed by atoms with Crippen molar-refractivity contribution in [1.82, 2.24) is 4.90 Å². The predicted molar refractivity (Wildman–Crippen MR) is 81.3 cm³/mol. The number of β-amino-alcohol motifs (C(OH)–C–C–N with tert-alkyl or cyclic N) is 1. The highest BCUT2D eigenvalue weighted by Gasteiger charge is 2.26. The maximum atomic E-state index is 11.5. The average molecular weight is 313 g/mol. The van der Waals surface area contributed by atoms with E-state index in [0.29, 0.717) is 23.0 Å². The Morgan fingerprint density at radius 3 is 2.81 bits per heavy atom. The lowest BCUT2D eigenvalue weighted by Crippen LogP contribution is -2.32. The van der Waals surface area contributed by atoms with Gasteiger partial charge in [-0.2, -0.15) is 0 Å². The molecular weight excluding hydrogens is 294 g/mol. The molecule has 116 valence electrons. The Labute approximate surface area is 126 Å². The van der Waals surface area contributed by atoms with Gasteiger partial charge in [0.05, 0.1) is 16.4 Å². The standard InChI is InChI=1S/C13H19N3O4S/c1-10(18)12-9-11(16(19)20)13(21-12)15-4-2-3-14(5-6-15)7-8-17/h9,17H,2-8H2,1H3. The Morgan fingerprint density at radius 1 is 1.43 bits per heavy atom. The van der Waals surface area contributed by atoms with Crippen molar-refractivity contribution in [3.8, 4) is 0 Å². The first-order valence-electron chi connectivity index (χ1n) is 6.90. The number of carbonyl (C=O) groups excluding carboxylic acids is 1. The van der Waals surface area contributed by atoms with E-state index in [0.717, 1.165) is 26.1 Å². The summed E-state index contributed by atoms with van der Waals surface area (Å²) in [5.74, 6) is -0.147. The molecule has 0 spiro atoms. The van der Waals surface area contributed by atoms with Crippen LogP contribution in [0.1, 0.15) is 23.0 Å². The summed E-state index contributed by atoms with van der Waals surface area (Å²) in [5.41, 5.74) is 0.0146. The quantitative estimate of drug-likeness (QED) is 0.502. The number of rotatable bonds is 5. The van der Waals surface area contributed by atoms with Gasteiger partial charge >= 0.3 is 5.69 Å². The van der Waals surface area contributed by atoms with E-state index in [2.05, 4.69) is 4.90 Å². The molecule has 0 aromatic carbocycles.